The first-order chi connectivity index (χ1) is 10.2. The quantitative estimate of drug-likeness (QED) is 0.857. The van der Waals surface area contributed by atoms with Crippen molar-refractivity contribution in [2.45, 2.75) is 31.2 Å². The summed E-state index contributed by atoms with van der Waals surface area (Å²) in [5, 5.41) is 0.762. The van der Waals surface area contributed by atoms with Gasteiger partial charge in [-0.3, -0.25) is 9.69 Å². The Labute approximate surface area is 130 Å². The van der Waals surface area contributed by atoms with Gasteiger partial charge in [0.2, 0.25) is 5.91 Å². The summed E-state index contributed by atoms with van der Waals surface area (Å²) in [5.74, 6) is 0.986. The molecule has 1 amide bonds. The predicted molar refractivity (Wildman–Crippen MR) is 83.5 cm³/mol. The van der Waals surface area contributed by atoms with Gasteiger partial charge < -0.3 is 4.90 Å². The summed E-state index contributed by atoms with van der Waals surface area (Å²) < 4.78 is 0. The SMILES string of the molecule is O=C([C@@H]1C[C@@H]1c1ccc(Cl)cc1)N1CCN(C2CC2)CC1. The molecule has 1 aromatic carbocycles. The van der Waals surface area contributed by atoms with Crippen LogP contribution in [0, 0.1) is 5.92 Å². The van der Waals surface area contributed by atoms with Crippen LogP contribution >= 0.6 is 11.6 Å². The fourth-order valence-electron chi connectivity index (χ4n) is 3.53. The number of amides is 1. The van der Waals surface area contributed by atoms with Crippen LogP contribution in [0.25, 0.3) is 0 Å². The Hall–Kier alpha value is -1.06. The standard InChI is InChI=1S/C17H21ClN2O/c18-13-3-1-12(2-4-13)15-11-16(15)17(21)20-9-7-19(8-10-20)14-5-6-14/h1-4,14-16H,5-11H2/t15-,16-/m1/s1. The average molecular weight is 305 g/mol. The van der Waals surface area contributed by atoms with Gasteiger partial charge in [0.05, 0.1) is 0 Å². The van der Waals surface area contributed by atoms with Crippen LogP contribution in [0.1, 0.15) is 30.7 Å². The van der Waals surface area contributed by atoms with E-state index in [-0.39, 0.29) is 5.92 Å². The largest absolute Gasteiger partial charge is 0.340 e. The normalized spacial score (nSPS) is 29.5. The average Bonchev–Trinajstić information content (AvgIpc) is 3.39. The molecule has 1 aliphatic heterocycles. The van der Waals surface area contributed by atoms with Crippen LogP contribution in [0.4, 0.5) is 0 Å². The highest BCUT2D eigenvalue weighted by Gasteiger charge is 2.46. The van der Waals surface area contributed by atoms with Gasteiger partial charge in [-0.05, 0) is 42.9 Å². The molecule has 112 valence electrons. The Morgan fingerprint density at radius 3 is 2.33 bits per heavy atom. The second-order valence-corrected chi connectivity index (χ2v) is 7.03. The van der Waals surface area contributed by atoms with Crippen molar-refractivity contribution in [3.8, 4) is 0 Å². The Balaban J connectivity index is 1.33. The summed E-state index contributed by atoms with van der Waals surface area (Å²) in [6.45, 7) is 3.96. The van der Waals surface area contributed by atoms with E-state index in [9.17, 15) is 4.79 Å². The number of piperazine rings is 1. The second-order valence-electron chi connectivity index (χ2n) is 6.59. The number of rotatable bonds is 3. The fraction of sp³-hybridized carbons (Fsp3) is 0.588. The van der Waals surface area contributed by atoms with Crippen molar-refractivity contribution in [2.24, 2.45) is 5.92 Å². The minimum atomic E-state index is 0.207. The molecule has 3 fully saturated rings. The van der Waals surface area contributed by atoms with Crippen LogP contribution in [-0.4, -0.2) is 47.9 Å². The van der Waals surface area contributed by atoms with Crippen molar-refractivity contribution in [2.75, 3.05) is 26.2 Å². The highest BCUT2D eigenvalue weighted by atomic mass is 35.5. The van der Waals surface area contributed by atoms with Gasteiger partial charge in [0.25, 0.3) is 0 Å². The van der Waals surface area contributed by atoms with E-state index in [0.717, 1.165) is 43.7 Å². The molecule has 4 rings (SSSR count). The molecule has 4 heteroatoms. The first-order valence-electron chi connectivity index (χ1n) is 8.00. The zero-order chi connectivity index (χ0) is 14.4. The molecule has 1 heterocycles. The number of carbonyl (C=O) groups is 1. The van der Waals surface area contributed by atoms with E-state index in [1.165, 1.54) is 18.4 Å². The number of halogens is 1. The van der Waals surface area contributed by atoms with Crippen molar-refractivity contribution < 1.29 is 4.79 Å². The van der Waals surface area contributed by atoms with E-state index in [4.69, 9.17) is 11.6 Å². The highest BCUT2D eigenvalue weighted by molar-refractivity contribution is 6.30. The first-order valence-corrected chi connectivity index (χ1v) is 8.38. The molecule has 1 aromatic rings. The van der Waals surface area contributed by atoms with Crippen molar-refractivity contribution in [1.82, 2.24) is 9.80 Å². The first kappa shape index (κ1) is 13.6. The number of hydrogen-bond acceptors (Lipinski definition) is 2. The van der Waals surface area contributed by atoms with Crippen molar-refractivity contribution >= 4 is 17.5 Å². The summed E-state index contributed by atoms with van der Waals surface area (Å²) >= 11 is 5.92. The van der Waals surface area contributed by atoms with Gasteiger partial charge in [0, 0.05) is 43.2 Å². The lowest BCUT2D eigenvalue weighted by molar-refractivity contribution is -0.134. The van der Waals surface area contributed by atoms with E-state index < -0.39 is 0 Å². The maximum atomic E-state index is 12.6. The minimum Gasteiger partial charge on any atom is -0.340 e. The maximum absolute atomic E-state index is 12.6. The number of nitrogens with zero attached hydrogens (tertiary/aromatic N) is 2. The van der Waals surface area contributed by atoms with Crippen LogP contribution in [0.3, 0.4) is 0 Å². The third-order valence-electron chi connectivity index (χ3n) is 5.10. The van der Waals surface area contributed by atoms with E-state index >= 15 is 0 Å². The van der Waals surface area contributed by atoms with E-state index in [1.807, 2.05) is 12.1 Å². The molecule has 0 bridgehead atoms. The van der Waals surface area contributed by atoms with Crippen LogP contribution in [0.15, 0.2) is 24.3 Å². The molecule has 0 spiro atoms. The van der Waals surface area contributed by atoms with Gasteiger partial charge >= 0.3 is 0 Å². The smallest absolute Gasteiger partial charge is 0.226 e. The van der Waals surface area contributed by atoms with Gasteiger partial charge in [-0.15, -0.1) is 0 Å². The van der Waals surface area contributed by atoms with E-state index in [0.29, 0.717) is 11.8 Å². The van der Waals surface area contributed by atoms with E-state index in [1.54, 1.807) is 0 Å². The Morgan fingerprint density at radius 2 is 1.71 bits per heavy atom. The Morgan fingerprint density at radius 1 is 1.05 bits per heavy atom. The van der Waals surface area contributed by atoms with Crippen molar-refractivity contribution in [3.63, 3.8) is 0 Å². The molecule has 21 heavy (non-hydrogen) atoms. The van der Waals surface area contributed by atoms with Crippen LogP contribution < -0.4 is 0 Å². The monoisotopic (exact) mass is 304 g/mol. The third-order valence-corrected chi connectivity index (χ3v) is 5.35. The van der Waals surface area contributed by atoms with Gasteiger partial charge in [0.15, 0.2) is 0 Å². The van der Waals surface area contributed by atoms with Gasteiger partial charge in [-0.25, -0.2) is 0 Å². The lowest BCUT2D eigenvalue weighted by Gasteiger charge is -2.35. The third kappa shape index (κ3) is 2.82. The van der Waals surface area contributed by atoms with Crippen LogP contribution in [0.5, 0.6) is 0 Å². The molecule has 0 N–H and O–H groups in total. The zero-order valence-corrected chi connectivity index (χ0v) is 12.9. The summed E-state index contributed by atoms with van der Waals surface area (Å²) in [4.78, 5) is 17.2. The van der Waals surface area contributed by atoms with Gasteiger partial charge in [0.1, 0.15) is 0 Å². The summed E-state index contributed by atoms with van der Waals surface area (Å²) in [6, 6.07) is 8.79. The number of carbonyl (C=O) groups excluding carboxylic acids is 1. The Bertz CT molecular complexity index is 532. The number of hydrogen-bond donors (Lipinski definition) is 0. The Kier molecular flexibility index (Phi) is 3.43. The van der Waals surface area contributed by atoms with E-state index in [2.05, 4.69) is 21.9 Å². The molecule has 2 atom stereocenters. The molecule has 3 aliphatic rings. The fourth-order valence-corrected chi connectivity index (χ4v) is 3.65. The van der Waals surface area contributed by atoms with Crippen LogP contribution in [-0.2, 0) is 4.79 Å². The molecule has 1 saturated heterocycles. The summed E-state index contributed by atoms with van der Waals surface area (Å²) in [5.41, 5.74) is 1.26. The van der Waals surface area contributed by atoms with Gasteiger partial charge in [-0.2, -0.15) is 0 Å². The molecule has 0 unspecified atom stereocenters. The summed E-state index contributed by atoms with van der Waals surface area (Å²) in [6.07, 6.45) is 3.72. The molecular formula is C17H21ClN2O. The zero-order valence-electron chi connectivity index (χ0n) is 12.2. The lowest BCUT2D eigenvalue weighted by Crippen LogP contribution is -2.49. The molecular weight excluding hydrogens is 284 g/mol. The molecule has 0 radical (unpaired) electrons. The summed E-state index contributed by atoms with van der Waals surface area (Å²) in [7, 11) is 0. The van der Waals surface area contributed by atoms with Crippen molar-refractivity contribution in [1.29, 1.82) is 0 Å². The minimum absolute atomic E-state index is 0.207. The van der Waals surface area contributed by atoms with Crippen molar-refractivity contribution in [3.05, 3.63) is 34.9 Å². The predicted octanol–water partition coefficient (Wildman–Crippen LogP) is 2.75. The molecule has 2 saturated carbocycles. The maximum Gasteiger partial charge on any atom is 0.226 e. The number of benzene rings is 1. The highest BCUT2D eigenvalue weighted by Crippen LogP contribution is 2.48. The van der Waals surface area contributed by atoms with Gasteiger partial charge in [-0.1, -0.05) is 23.7 Å². The molecule has 3 nitrogen and oxygen atoms in total. The van der Waals surface area contributed by atoms with Crippen LogP contribution in [0.2, 0.25) is 5.02 Å². The second kappa shape index (κ2) is 5.29. The molecule has 0 aromatic heterocycles. The topological polar surface area (TPSA) is 23.6 Å². The molecule has 2 aliphatic carbocycles. The lowest BCUT2D eigenvalue weighted by atomic mass is 10.1.